The van der Waals surface area contributed by atoms with Gasteiger partial charge in [0.15, 0.2) is 4.34 Å². The molecule has 0 aliphatic heterocycles. The Morgan fingerprint density at radius 1 is 1.30 bits per heavy atom. The van der Waals surface area contributed by atoms with Crippen molar-refractivity contribution in [2.24, 2.45) is 0 Å². The van der Waals surface area contributed by atoms with Gasteiger partial charge in [-0.3, -0.25) is 9.69 Å². The van der Waals surface area contributed by atoms with Crippen LogP contribution in [0.25, 0.3) is 10.6 Å². The number of thiazole rings is 1. The van der Waals surface area contributed by atoms with Crippen LogP contribution in [0.15, 0.2) is 34.0 Å². The molecular weight excluding hydrogens is 403 g/mol. The summed E-state index contributed by atoms with van der Waals surface area (Å²) in [7, 11) is 0. The molecular formula is C18H17FN4OS3. The van der Waals surface area contributed by atoms with Gasteiger partial charge in [-0.1, -0.05) is 30.0 Å². The third-order valence-electron chi connectivity index (χ3n) is 4.07. The molecule has 1 amide bonds. The van der Waals surface area contributed by atoms with E-state index in [9.17, 15) is 9.18 Å². The van der Waals surface area contributed by atoms with Gasteiger partial charge in [-0.05, 0) is 37.1 Å². The number of carbonyl (C=O) groups excluding carboxylic acids is 1. The first-order chi connectivity index (χ1) is 13.1. The lowest BCUT2D eigenvalue weighted by molar-refractivity contribution is -0.118. The van der Waals surface area contributed by atoms with Crippen LogP contribution in [0, 0.1) is 5.82 Å². The van der Waals surface area contributed by atoms with E-state index >= 15 is 0 Å². The topological polar surface area (TPSA) is 59.0 Å². The van der Waals surface area contributed by atoms with Crippen molar-refractivity contribution >= 4 is 45.5 Å². The molecule has 0 radical (unpaired) electrons. The van der Waals surface area contributed by atoms with Crippen molar-refractivity contribution in [1.82, 2.24) is 15.2 Å². The summed E-state index contributed by atoms with van der Waals surface area (Å²) in [4.78, 5) is 18.6. The number of anilines is 1. The first kappa shape index (κ1) is 18.5. The van der Waals surface area contributed by atoms with Crippen LogP contribution >= 0.6 is 34.4 Å². The lowest BCUT2D eigenvalue weighted by atomic mass is 10.2. The van der Waals surface area contributed by atoms with Gasteiger partial charge in [0.25, 0.3) is 0 Å². The van der Waals surface area contributed by atoms with Crippen molar-refractivity contribution < 1.29 is 9.18 Å². The van der Waals surface area contributed by atoms with Crippen LogP contribution in [0.3, 0.4) is 0 Å². The van der Waals surface area contributed by atoms with Gasteiger partial charge >= 0.3 is 0 Å². The summed E-state index contributed by atoms with van der Waals surface area (Å²) in [5, 5.41) is 12.0. The van der Waals surface area contributed by atoms with Crippen molar-refractivity contribution in [3.8, 4) is 10.6 Å². The molecule has 2 heterocycles. The molecule has 0 saturated heterocycles. The van der Waals surface area contributed by atoms with E-state index in [-0.39, 0.29) is 11.7 Å². The molecule has 4 rings (SSSR count). The zero-order valence-corrected chi connectivity index (χ0v) is 17.0. The summed E-state index contributed by atoms with van der Waals surface area (Å²) in [6, 6.07) is 6.65. The third kappa shape index (κ3) is 4.36. The maximum absolute atomic E-state index is 13.0. The quantitative estimate of drug-likeness (QED) is 0.398. The van der Waals surface area contributed by atoms with E-state index in [1.165, 1.54) is 23.5 Å². The highest BCUT2D eigenvalue weighted by atomic mass is 32.2. The molecule has 1 saturated carbocycles. The predicted octanol–water partition coefficient (Wildman–Crippen LogP) is 5.00. The van der Waals surface area contributed by atoms with Crippen molar-refractivity contribution in [3.63, 3.8) is 0 Å². The summed E-state index contributed by atoms with van der Waals surface area (Å²) in [6.07, 6.45) is 2.56. The van der Waals surface area contributed by atoms with Crippen molar-refractivity contribution in [2.75, 3.05) is 4.90 Å². The van der Waals surface area contributed by atoms with E-state index < -0.39 is 0 Å². The highest BCUT2D eigenvalue weighted by Crippen LogP contribution is 2.37. The number of hydrogen-bond donors (Lipinski definition) is 0. The van der Waals surface area contributed by atoms with Gasteiger partial charge in [-0.15, -0.1) is 21.5 Å². The molecule has 0 atom stereocenters. The highest BCUT2D eigenvalue weighted by Gasteiger charge is 2.35. The van der Waals surface area contributed by atoms with Gasteiger partial charge in [0, 0.05) is 29.2 Å². The Balaban J connectivity index is 1.40. The lowest BCUT2D eigenvalue weighted by Gasteiger charge is -2.17. The SMILES string of the molecule is CCC(=O)N(c1nnc(SCc2csc(-c3ccc(F)cc3)n2)s1)C1CC1. The number of rotatable bonds is 7. The zero-order valence-electron chi connectivity index (χ0n) is 14.6. The molecule has 1 fully saturated rings. The minimum absolute atomic E-state index is 0.105. The van der Waals surface area contributed by atoms with Crippen LogP contribution in [0.4, 0.5) is 9.52 Å². The standard InChI is InChI=1S/C18H17FN4OS3/c1-2-15(24)23(14-7-8-14)17-21-22-18(27-17)26-10-13-9-25-16(20-13)11-3-5-12(19)6-4-11/h3-6,9,14H,2,7-8,10H2,1H3. The number of thioether (sulfide) groups is 1. The minimum Gasteiger partial charge on any atom is -0.284 e. The van der Waals surface area contributed by atoms with Crippen LogP contribution < -0.4 is 4.90 Å². The fraction of sp³-hybridized carbons (Fsp3) is 0.333. The number of benzene rings is 1. The van der Waals surface area contributed by atoms with E-state index in [4.69, 9.17) is 0 Å². The summed E-state index contributed by atoms with van der Waals surface area (Å²) in [6.45, 7) is 1.87. The molecule has 3 aromatic rings. The molecule has 1 aliphatic carbocycles. The fourth-order valence-electron chi connectivity index (χ4n) is 2.56. The van der Waals surface area contributed by atoms with Crippen molar-refractivity contribution in [1.29, 1.82) is 0 Å². The summed E-state index contributed by atoms with van der Waals surface area (Å²) in [5.41, 5.74) is 1.86. The van der Waals surface area contributed by atoms with Gasteiger partial charge in [0.05, 0.1) is 5.69 Å². The first-order valence-corrected chi connectivity index (χ1v) is 11.3. The Hall–Kier alpha value is -1.84. The fourth-order valence-corrected chi connectivity index (χ4v) is 5.32. The Morgan fingerprint density at radius 3 is 2.78 bits per heavy atom. The maximum Gasteiger partial charge on any atom is 0.228 e. The van der Waals surface area contributed by atoms with Gasteiger partial charge in [0.2, 0.25) is 11.0 Å². The molecule has 140 valence electrons. The molecule has 2 aromatic heterocycles. The number of amides is 1. The second-order valence-corrected chi connectivity index (χ2v) is 9.18. The molecule has 0 N–H and O–H groups in total. The summed E-state index contributed by atoms with van der Waals surface area (Å²) in [5.74, 6) is 0.533. The highest BCUT2D eigenvalue weighted by molar-refractivity contribution is 8.00. The monoisotopic (exact) mass is 420 g/mol. The van der Waals surface area contributed by atoms with E-state index in [2.05, 4.69) is 15.2 Å². The first-order valence-electron chi connectivity index (χ1n) is 8.62. The van der Waals surface area contributed by atoms with Crippen LogP contribution in [-0.2, 0) is 10.5 Å². The van der Waals surface area contributed by atoms with Gasteiger partial charge < -0.3 is 0 Å². The molecule has 0 unspecified atom stereocenters. The largest absolute Gasteiger partial charge is 0.284 e. The Kier molecular flexibility index (Phi) is 5.51. The maximum atomic E-state index is 13.0. The van der Waals surface area contributed by atoms with Crippen molar-refractivity contribution in [2.45, 2.75) is 42.3 Å². The summed E-state index contributed by atoms with van der Waals surface area (Å²) < 4.78 is 13.9. The number of hydrogen-bond acceptors (Lipinski definition) is 7. The van der Waals surface area contributed by atoms with E-state index in [0.717, 1.165) is 33.4 Å². The smallest absolute Gasteiger partial charge is 0.228 e. The number of carbonyl (C=O) groups is 1. The second-order valence-electron chi connectivity index (χ2n) is 6.14. The molecule has 1 aliphatic rings. The predicted molar refractivity (Wildman–Crippen MR) is 108 cm³/mol. The van der Waals surface area contributed by atoms with Gasteiger partial charge in [0.1, 0.15) is 10.8 Å². The molecule has 27 heavy (non-hydrogen) atoms. The Bertz CT molecular complexity index is 936. The van der Waals surface area contributed by atoms with Crippen LogP contribution in [0.1, 0.15) is 31.9 Å². The zero-order chi connectivity index (χ0) is 18.8. The minimum atomic E-state index is -0.250. The van der Waals surface area contributed by atoms with E-state index in [1.54, 1.807) is 40.1 Å². The average Bonchev–Trinajstić information content (AvgIpc) is 3.20. The van der Waals surface area contributed by atoms with Crippen LogP contribution in [0.2, 0.25) is 0 Å². The van der Waals surface area contributed by atoms with Crippen molar-refractivity contribution in [3.05, 3.63) is 41.2 Å². The molecule has 0 spiro atoms. The van der Waals surface area contributed by atoms with Gasteiger partial charge in [-0.2, -0.15) is 0 Å². The number of nitrogens with zero attached hydrogens (tertiary/aromatic N) is 4. The van der Waals surface area contributed by atoms with E-state index in [0.29, 0.717) is 23.3 Å². The average molecular weight is 421 g/mol. The lowest BCUT2D eigenvalue weighted by Crippen LogP contribution is -2.32. The van der Waals surface area contributed by atoms with Crippen LogP contribution in [-0.4, -0.2) is 27.1 Å². The second kappa shape index (κ2) is 8.04. The summed E-state index contributed by atoms with van der Waals surface area (Å²) >= 11 is 4.56. The molecule has 9 heteroatoms. The van der Waals surface area contributed by atoms with E-state index in [1.807, 2.05) is 12.3 Å². The number of halogens is 1. The normalized spacial score (nSPS) is 13.7. The molecule has 1 aromatic carbocycles. The molecule has 0 bridgehead atoms. The number of aromatic nitrogens is 3. The van der Waals surface area contributed by atoms with Gasteiger partial charge in [-0.25, -0.2) is 9.37 Å². The third-order valence-corrected chi connectivity index (χ3v) is 7.10. The van der Waals surface area contributed by atoms with Crippen LogP contribution in [0.5, 0.6) is 0 Å². The Morgan fingerprint density at radius 2 is 2.07 bits per heavy atom. The molecule has 5 nitrogen and oxygen atoms in total. The Labute approximate surface area is 168 Å².